The third-order valence-corrected chi connectivity index (χ3v) is 7.58. The van der Waals surface area contributed by atoms with E-state index in [9.17, 15) is 49.8 Å². The zero-order valence-corrected chi connectivity index (χ0v) is 24.8. The van der Waals surface area contributed by atoms with Crippen LogP contribution in [0.1, 0.15) is 55.4 Å². The number of methoxy groups -OCH3 is 1. The van der Waals surface area contributed by atoms with E-state index in [1.54, 1.807) is 0 Å². The molecule has 2 aliphatic rings. The number of aromatic nitrogens is 2. The Labute approximate surface area is 257 Å². The van der Waals surface area contributed by atoms with Gasteiger partial charge >= 0.3 is 11.7 Å². The number of esters is 1. The predicted octanol–water partition coefficient (Wildman–Crippen LogP) is -3.65. The molecule has 0 radical (unpaired) electrons. The standard InChI is InChI=1S/C27H43N3O15/c1-41-17(34)8-6-4-2-3-5-7-9-42-25-18(30-24(39)13-10-16(33)29-27(40)28-13)23(20(36)15(12-32)43-25)45-26-22(38)21(37)19(35)14(11-31)44-26/h10,14-15,18-23,25-26,31-32,35-38H,2-9,11-12H2,1H3,(H,30,39)(H2,28,29,33,40)/t14?,15?,18?,19-,20+,21?,22?,23?,25+,26?/m0/s1. The molecule has 3 heterocycles. The van der Waals surface area contributed by atoms with E-state index in [-0.39, 0.29) is 12.6 Å². The summed E-state index contributed by atoms with van der Waals surface area (Å²) in [5.74, 6) is -1.26. The van der Waals surface area contributed by atoms with Crippen LogP contribution in [-0.2, 0) is 28.5 Å². The third-order valence-electron chi connectivity index (χ3n) is 7.58. The van der Waals surface area contributed by atoms with Gasteiger partial charge in [-0.2, -0.15) is 0 Å². The molecule has 3 rings (SSSR count). The smallest absolute Gasteiger partial charge is 0.326 e. The first-order valence-corrected chi connectivity index (χ1v) is 14.7. The van der Waals surface area contributed by atoms with Crippen molar-refractivity contribution in [2.45, 2.75) is 106 Å². The molecule has 1 amide bonds. The van der Waals surface area contributed by atoms with Crippen LogP contribution in [-0.4, -0.2) is 141 Å². The van der Waals surface area contributed by atoms with Gasteiger partial charge < -0.3 is 64.6 Å². The molecule has 1 aromatic heterocycles. The Balaban J connectivity index is 1.75. The quantitative estimate of drug-likeness (QED) is 0.0617. The lowest BCUT2D eigenvalue weighted by Crippen LogP contribution is -2.68. The largest absolute Gasteiger partial charge is 0.469 e. The average molecular weight is 650 g/mol. The SMILES string of the molecule is COC(=O)CCCCCCCCO[C@@H]1OC(CO)[C@@H](O)C(OC2OC(CO)[C@H](O)C(O)C2O)C1NC(=O)c1cc(=O)[nH]c(=O)[nH]1. The van der Waals surface area contributed by atoms with E-state index in [1.165, 1.54) is 7.11 Å². The number of hydrogen-bond acceptors (Lipinski definition) is 15. The summed E-state index contributed by atoms with van der Waals surface area (Å²) in [6.45, 7) is -1.38. The summed E-state index contributed by atoms with van der Waals surface area (Å²) in [6, 6.07) is -0.592. The number of carbonyl (C=O) groups is 2. The highest BCUT2D eigenvalue weighted by Crippen LogP contribution is 2.30. The van der Waals surface area contributed by atoms with Crippen molar-refractivity contribution < 1.29 is 63.9 Å². The fourth-order valence-corrected chi connectivity index (χ4v) is 5.06. The number of unbranched alkanes of at least 4 members (excludes halogenated alkanes) is 5. The molecule has 45 heavy (non-hydrogen) atoms. The number of aliphatic hydroxyl groups is 6. The molecule has 2 saturated heterocycles. The maximum Gasteiger partial charge on any atom is 0.326 e. The molecular formula is C27H43N3O15. The lowest BCUT2D eigenvalue weighted by molar-refractivity contribution is -0.344. The van der Waals surface area contributed by atoms with Gasteiger partial charge in [0.25, 0.3) is 11.5 Å². The molecule has 9 N–H and O–H groups in total. The molecule has 0 bridgehead atoms. The molecule has 10 atom stereocenters. The first kappa shape index (κ1) is 36.7. The fraction of sp³-hybridized carbons (Fsp3) is 0.778. The predicted molar refractivity (Wildman–Crippen MR) is 150 cm³/mol. The summed E-state index contributed by atoms with van der Waals surface area (Å²) in [6.07, 6.45) is -9.49. The summed E-state index contributed by atoms with van der Waals surface area (Å²) in [5.41, 5.74) is -2.27. The minimum absolute atomic E-state index is 0.0993. The maximum absolute atomic E-state index is 13.1. The number of hydrogen-bond donors (Lipinski definition) is 9. The molecule has 0 saturated carbocycles. The van der Waals surface area contributed by atoms with Gasteiger partial charge in [0.1, 0.15) is 54.5 Å². The van der Waals surface area contributed by atoms with Crippen molar-refractivity contribution in [2.24, 2.45) is 0 Å². The summed E-state index contributed by atoms with van der Waals surface area (Å²) in [5, 5.41) is 63.9. The minimum atomic E-state index is -1.86. The van der Waals surface area contributed by atoms with Gasteiger partial charge in [0.15, 0.2) is 12.6 Å². The van der Waals surface area contributed by atoms with E-state index in [0.717, 1.165) is 31.7 Å². The van der Waals surface area contributed by atoms with Gasteiger partial charge in [-0.25, -0.2) is 4.79 Å². The molecule has 18 heteroatoms. The molecule has 0 aliphatic carbocycles. The summed E-state index contributed by atoms with van der Waals surface area (Å²) < 4.78 is 27.5. The maximum atomic E-state index is 13.1. The van der Waals surface area contributed by atoms with Crippen molar-refractivity contribution in [3.63, 3.8) is 0 Å². The van der Waals surface area contributed by atoms with Crippen molar-refractivity contribution in [2.75, 3.05) is 26.9 Å². The van der Waals surface area contributed by atoms with Gasteiger partial charge in [0.2, 0.25) is 0 Å². The Morgan fingerprint density at radius 3 is 2.11 bits per heavy atom. The van der Waals surface area contributed by atoms with Crippen LogP contribution >= 0.6 is 0 Å². The van der Waals surface area contributed by atoms with Gasteiger partial charge in [-0.15, -0.1) is 0 Å². The number of nitrogens with one attached hydrogen (secondary N) is 3. The zero-order chi connectivity index (χ0) is 33.1. The highest BCUT2D eigenvalue weighted by molar-refractivity contribution is 5.92. The second-order valence-electron chi connectivity index (χ2n) is 10.8. The van der Waals surface area contributed by atoms with E-state index in [1.807, 2.05) is 4.98 Å². The van der Waals surface area contributed by atoms with E-state index < -0.39 is 97.4 Å². The monoisotopic (exact) mass is 649 g/mol. The zero-order valence-electron chi connectivity index (χ0n) is 24.8. The van der Waals surface area contributed by atoms with Gasteiger partial charge in [-0.1, -0.05) is 25.7 Å². The van der Waals surface area contributed by atoms with Crippen LogP contribution < -0.4 is 16.6 Å². The second kappa shape index (κ2) is 17.8. The van der Waals surface area contributed by atoms with E-state index in [0.29, 0.717) is 19.3 Å². The van der Waals surface area contributed by atoms with Gasteiger partial charge in [-0.05, 0) is 12.8 Å². The molecule has 0 aromatic carbocycles. The summed E-state index contributed by atoms with van der Waals surface area (Å²) >= 11 is 0. The molecular weight excluding hydrogens is 606 g/mol. The Kier molecular flexibility index (Phi) is 14.5. The third kappa shape index (κ3) is 10.1. The lowest BCUT2D eigenvalue weighted by Gasteiger charge is -2.47. The number of ether oxygens (including phenoxy) is 5. The Hall–Kier alpha value is -2.78. The molecule has 18 nitrogen and oxygen atoms in total. The topological polar surface area (TPSA) is 279 Å². The van der Waals surface area contributed by atoms with Crippen LogP contribution in [0.3, 0.4) is 0 Å². The van der Waals surface area contributed by atoms with Crippen LogP contribution in [0.25, 0.3) is 0 Å². The highest BCUT2D eigenvalue weighted by atomic mass is 16.7. The lowest BCUT2D eigenvalue weighted by atomic mass is 9.95. The van der Waals surface area contributed by atoms with Gasteiger partial charge in [0, 0.05) is 19.1 Å². The van der Waals surface area contributed by atoms with Gasteiger partial charge in [-0.3, -0.25) is 19.4 Å². The number of aromatic amines is 2. The highest BCUT2D eigenvalue weighted by Gasteiger charge is 2.51. The van der Waals surface area contributed by atoms with Crippen LogP contribution in [0, 0.1) is 0 Å². The molecule has 2 aliphatic heterocycles. The number of amides is 1. The number of H-pyrrole nitrogens is 2. The Morgan fingerprint density at radius 1 is 0.844 bits per heavy atom. The van der Waals surface area contributed by atoms with Crippen molar-refractivity contribution in [1.29, 1.82) is 0 Å². The normalized spacial score (nSPS) is 31.8. The molecule has 0 spiro atoms. The van der Waals surface area contributed by atoms with Crippen molar-refractivity contribution >= 4 is 11.9 Å². The van der Waals surface area contributed by atoms with Crippen molar-refractivity contribution in [3.8, 4) is 0 Å². The molecule has 7 unspecified atom stereocenters. The second-order valence-corrected chi connectivity index (χ2v) is 10.8. The fourth-order valence-electron chi connectivity index (χ4n) is 5.06. The summed E-state index contributed by atoms with van der Waals surface area (Å²) in [7, 11) is 1.34. The van der Waals surface area contributed by atoms with Crippen LogP contribution in [0.2, 0.25) is 0 Å². The molecule has 256 valence electrons. The van der Waals surface area contributed by atoms with E-state index in [2.05, 4.69) is 15.0 Å². The van der Waals surface area contributed by atoms with Crippen molar-refractivity contribution in [1.82, 2.24) is 15.3 Å². The number of rotatable bonds is 16. The van der Waals surface area contributed by atoms with E-state index >= 15 is 0 Å². The first-order chi connectivity index (χ1) is 21.5. The van der Waals surface area contributed by atoms with E-state index in [4.69, 9.17) is 18.9 Å². The van der Waals surface area contributed by atoms with Crippen LogP contribution in [0.4, 0.5) is 0 Å². The molecule has 2 fully saturated rings. The van der Waals surface area contributed by atoms with Gasteiger partial charge in [0.05, 0.1) is 20.3 Å². The Bertz CT molecular complexity index is 1160. The Morgan fingerprint density at radius 2 is 1.47 bits per heavy atom. The van der Waals surface area contributed by atoms with Crippen molar-refractivity contribution in [3.05, 3.63) is 32.6 Å². The summed E-state index contributed by atoms with van der Waals surface area (Å²) in [4.78, 5) is 52.0. The minimum Gasteiger partial charge on any atom is -0.469 e. The number of carbonyl (C=O) groups excluding carboxylic acids is 2. The molecule has 1 aromatic rings. The van der Waals surface area contributed by atoms with Crippen LogP contribution in [0.15, 0.2) is 15.7 Å². The average Bonchev–Trinajstić information content (AvgIpc) is 3.01. The number of aliphatic hydroxyl groups excluding tert-OH is 6. The first-order valence-electron chi connectivity index (χ1n) is 14.7. The van der Waals surface area contributed by atoms with Crippen LogP contribution in [0.5, 0.6) is 0 Å².